The standard InChI is InChI=1S/C61H57NO3/c1-9-59(3,4)51-33-26-40(50-36-56(64)54(37-55(50)63)60(5,6)10-2)34-49(51)39-24-29-42(30-25-39)62(43-31-32-46-45-16-11-13-20-52(45)61(7,8)53(46)35-43)41-27-22-38(23-28-41)44-18-15-19-48-47-17-12-14-21-57(47)65-58(44)48/h11-37,63-64H,9-10H2,1-8H3. The van der Waals surface area contributed by atoms with Crippen molar-refractivity contribution in [3.05, 3.63) is 186 Å². The smallest absolute Gasteiger partial charge is 0.143 e. The molecule has 0 radical (unpaired) electrons. The molecule has 0 atom stereocenters. The number of benzene rings is 8. The second-order valence-corrected chi connectivity index (χ2v) is 19.7. The van der Waals surface area contributed by atoms with Gasteiger partial charge in [-0.3, -0.25) is 0 Å². The molecule has 4 nitrogen and oxygen atoms in total. The third-order valence-corrected chi connectivity index (χ3v) is 14.8. The van der Waals surface area contributed by atoms with E-state index in [0.29, 0.717) is 5.56 Å². The molecule has 0 unspecified atom stereocenters. The van der Waals surface area contributed by atoms with Crippen LogP contribution >= 0.6 is 0 Å². The first-order chi connectivity index (χ1) is 31.2. The number of fused-ring (bicyclic) bond motifs is 6. The van der Waals surface area contributed by atoms with Crippen LogP contribution in [0.2, 0.25) is 0 Å². The molecule has 0 fully saturated rings. The zero-order valence-electron chi connectivity index (χ0n) is 38.8. The van der Waals surface area contributed by atoms with E-state index in [1.54, 1.807) is 12.1 Å². The number of para-hydroxylation sites is 2. The van der Waals surface area contributed by atoms with Crippen LogP contribution < -0.4 is 4.90 Å². The van der Waals surface area contributed by atoms with Crippen molar-refractivity contribution in [2.75, 3.05) is 4.90 Å². The van der Waals surface area contributed by atoms with Gasteiger partial charge in [-0.2, -0.15) is 0 Å². The number of furan rings is 1. The number of nitrogens with zero attached hydrogens (tertiary/aromatic N) is 1. The Morgan fingerprint density at radius 2 is 1.03 bits per heavy atom. The van der Waals surface area contributed by atoms with Crippen LogP contribution in [0.1, 0.15) is 90.5 Å². The highest BCUT2D eigenvalue weighted by Gasteiger charge is 2.36. The molecule has 10 rings (SSSR count). The summed E-state index contributed by atoms with van der Waals surface area (Å²) in [4.78, 5) is 2.36. The summed E-state index contributed by atoms with van der Waals surface area (Å²) in [7, 11) is 0. The lowest BCUT2D eigenvalue weighted by Gasteiger charge is -2.29. The minimum absolute atomic E-state index is 0.110. The fourth-order valence-corrected chi connectivity index (χ4v) is 10.1. The van der Waals surface area contributed by atoms with Gasteiger partial charge in [-0.15, -0.1) is 0 Å². The normalized spacial score (nSPS) is 13.3. The summed E-state index contributed by atoms with van der Waals surface area (Å²) in [5, 5.41) is 25.0. The fraction of sp³-hybridized carbons (Fsp3) is 0.213. The molecule has 9 aromatic rings. The third-order valence-electron chi connectivity index (χ3n) is 14.8. The number of anilines is 3. The summed E-state index contributed by atoms with van der Waals surface area (Å²) in [6.45, 7) is 17.8. The average Bonchev–Trinajstić information content (AvgIpc) is 3.81. The van der Waals surface area contributed by atoms with Crippen LogP contribution in [-0.2, 0) is 16.2 Å². The van der Waals surface area contributed by atoms with Crippen molar-refractivity contribution >= 4 is 39.0 Å². The van der Waals surface area contributed by atoms with E-state index in [9.17, 15) is 10.2 Å². The molecule has 0 amide bonds. The Labute approximate surface area is 383 Å². The van der Waals surface area contributed by atoms with E-state index in [4.69, 9.17) is 4.42 Å². The summed E-state index contributed by atoms with van der Waals surface area (Å²) < 4.78 is 6.46. The Morgan fingerprint density at radius 1 is 0.462 bits per heavy atom. The summed E-state index contributed by atoms with van der Waals surface area (Å²) >= 11 is 0. The highest BCUT2D eigenvalue weighted by Crippen LogP contribution is 2.51. The van der Waals surface area contributed by atoms with Crippen molar-refractivity contribution in [3.8, 4) is 56.0 Å². The zero-order chi connectivity index (χ0) is 45.4. The Hall–Kier alpha value is -7.04. The fourth-order valence-electron chi connectivity index (χ4n) is 10.1. The highest BCUT2D eigenvalue weighted by molar-refractivity contribution is 6.09. The Morgan fingerprint density at radius 3 is 1.74 bits per heavy atom. The van der Waals surface area contributed by atoms with Crippen molar-refractivity contribution in [3.63, 3.8) is 0 Å². The lowest BCUT2D eigenvalue weighted by atomic mass is 9.77. The molecule has 1 aromatic heterocycles. The van der Waals surface area contributed by atoms with Gasteiger partial charge in [-0.05, 0) is 134 Å². The van der Waals surface area contributed by atoms with Crippen molar-refractivity contribution in [2.24, 2.45) is 0 Å². The number of aromatic hydroxyl groups is 2. The van der Waals surface area contributed by atoms with Gasteiger partial charge >= 0.3 is 0 Å². The van der Waals surface area contributed by atoms with E-state index in [2.05, 4.69) is 200 Å². The maximum absolute atomic E-state index is 11.5. The number of hydrogen-bond donors (Lipinski definition) is 2. The molecule has 324 valence electrons. The molecule has 2 N–H and O–H groups in total. The van der Waals surface area contributed by atoms with Crippen molar-refractivity contribution in [1.82, 2.24) is 0 Å². The van der Waals surface area contributed by atoms with E-state index >= 15 is 0 Å². The van der Waals surface area contributed by atoms with E-state index in [-0.39, 0.29) is 27.7 Å². The molecule has 8 aromatic carbocycles. The molecule has 1 aliphatic carbocycles. The monoisotopic (exact) mass is 851 g/mol. The van der Waals surface area contributed by atoms with E-state index in [0.717, 1.165) is 85.2 Å². The van der Waals surface area contributed by atoms with Gasteiger partial charge in [-0.1, -0.05) is 159 Å². The van der Waals surface area contributed by atoms with Crippen LogP contribution in [0, 0.1) is 0 Å². The molecule has 4 heteroatoms. The predicted octanol–water partition coefficient (Wildman–Crippen LogP) is 17.1. The first-order valence-corrected chi connectivity index (χ1v) is 23.1. The van der Waals surface area contributed by atoms with Gasteiger partial charge in [0, 0.05) is 49.9 Å². The molecular formula is C61H57NO3. The van der Waals surface area contributed by atoms with Crippen LogP contribution in [0.25, 0.3) is 66.4 Å². The van der Waals surface area contributed by atoms with E-state index in [1.165, 1.54) is 27.8 Å². The molecule has 0 spiro atoms. The zero-order valence-corrected chi connectivity index (χ0v) is 38.8. The maximum Gasteiger partial charge on any atom is 0.143 e. The second-order valence-electron chi connectivity index (χ2n) is 19.7. The van der Waals surface area contributed by atoms with Crippen LogP contribution in [-0.4, -0.2) is 10.2 Å². The first-order valence-electron chi connectivity index (χ1n) is 23.1. The molecule has 0 aliphatic heterocycles. The van der Waals surface area contributed by atoms with Crippen LogP contribution in [0.15, 0.2) is 168 Å². The number of phenols is 2. The Balaban J connectivity index is 1.09. The molecule has 1 heterocycles. The summed E-state index contributed by atoms with van der Waals surface area (Å²) in [5.41, 5.74) is 17.5. The number of hydrogen-bond acceptors (Lipinski definition) is 4. The molecule has 0 saturated carbocycles. The van der Waals surface area contributed by atoms with Gasteiger partial charge in [-0.25, -0.2) is 0 Å². The van der Waals surface area contributed by atoms with Gasteiger partial charge in [0.15, 0.2) is 0 Å². The van der Waals surface area contributed by atoms with Gasteiger partial charge in [0.2, 0.25) is 0 Å². The summed E-state index contributed by atoms with van der Waals surface area (Å²) in [6, 6.07) is 58.1. The first kappa shape index (κ1) is 41.9. The number of phenolic OH excluding ortho intramolecular Hbond substituents is 2. The van der Waals surface area contributed by atoms with Crippen LogP contribution in [0.3, 0.4) is 0 Å². The Bertz CT molecular complexity index is 3270. The van der Waals surface area contributed by atoms with Gasteiger partial charge in [0.1, 0.15) is 22.7 Å². The molecular weight excluding hydrogens is 795 g/mol. The Kier molecular flexibility index (Phi) is 10.1. The van der Waals surface area contributed by atoms with E-state index < -0.39 is 0 Å². The SMILES string of the molecule is CCC(C)(C)c1cc(O)c(-c2ccc(C(C)(C)CC)c(-c3ccc(N(c4ccc(-c5cccc6c5oc5ccccc56)cc4)c4ccc5c(c4)C(C)(C)c4ccccc4-5)cc3)c2)cc1O. The highest BCUT2D eigenvalue weighted by atomic mass is 16.3. The van der Waals surface area contributed by atoms with Crippen LogP contribution in [0.4, 0.5) is 17.1 Å². The van der Waals surface area contributed by atoms with Crippen molar-refractivity contribution in [1.29, 1.82) is 0 Å². The lowest BCUT2D eigenvalue weighted by molar-refractivity contribution is 0.420. The van der Waals surface area contributed by atoms with Crippen molar-refractivity contribution in [2.45, 2.75) is 84.5 Å². The minimum atomic E-state index is -0.275. The topological polar surface area (TPSA) is 56.8 Å². The van der Waals surface area contributed by atoms with Crippen molar-refractivity contribution < 1.29 is 14.6 Å². The molecule has 65 heavy (non-hydrogen) atoms. The van der Waals surface area contributed by atoms with Crippen LogP contribution in [0.5, 0.6) is 11.5 Å². The predicted molar refractivity (Wildman–Crippen MR) is 272 cm³/mol. The molecule has 0 bridgehead atoms. The summed E-state index contributed by atoms with van der Waals surface area (Å²) in [5.74, 6) is 0.367. The number of rotatable bonds is 10. The lowest BCUT2D eigenvalue weighted by Crippen LogP contribution is -2.17. The third kappa shape index (κ3) is 6.98. The summed E-state index contributed by atoms with van der Waals surface area (Å²) in [6.07, 6.45) is 1.79. The van der Waals surface area contributed by atoms with E-state index in [1.807, 2.05) is 12.1 Å². The second kappa shape index (κ2) is 15.6. The molecule has 1 aliphatic rings. The van der Waals surface area contributed by atoms with Gasteiger partial charge in [0.05, 0.1) is 0 Å². The maximum atomic E-state index is 11.5. The average molecular weight is 852 g/mol. The molecule has 0 saturated heterocycles. The quantitative estimate of drug-likeness (QED) is 0.135. The largest absolute Gasteiger partial charge is 0.508 e. The van der Waals surface area contributed by atoms with Gasteiger partial charge in [0.25, 0.3) is 0 Å². The minimum Gasteiger partial charge on any atom is -0.508 e. The van der Waals surface area contributed by atoms with Gasteiger partial charge < -0.3 is 19.5 Å².